The molecule has 1 N–H and O–H groups in total. The van der Waals surface area contributed by atoms with Gasteiger partial charge in [0.05, 0.1) is 16.8 Å². The molecule has 0 aliphatic carbocycles. The monoisotopic (exact) mass is 483 g/mol. The highest BCUT2D eigenvalue weighted by Gasteiger charge is 2.28. The van der Waals surface area contributed by atoms with Crippen LogP contribution in [0.25, 0.3) is 0 Å². The number of hydrogen-bond donors (Lipinski definition) is 1. The summed E-state index contributed by atoms with van der Waals surface area (Å²) in [7, 11) is 0. The number of amides is 2. The first kappa shape index (κ1) is 20.9. The third-order valence-corrected chi connectivity index (χ3v) is 6.18. The molecule has 4 rings (SSSR count). The summed E-state index contributed by atoms with van der Waals surface area (Å²) in [5, 5.41) is 3.45. The minimum atomic E-state index is -0.116. The van der Waals surface area contributed by atoms with Gasteiger partial charge < -0.3 is 10.2 Å². The van der Waals surface area contributed by atoms with Gasteiger partial charge in [-0.25, -0.2) is 4.79 Å². The van der Waals surface area contributed by atoms with E-state index in [2.05, 4.69) is 74.7 Å². The van der Waals surface area contributed by atoms with Gasteiger partial charge in [-0.2, -0.15) is 0 Å². The molecule has 4 nitrogen and oxygen atoms in total. The molecule has 0 unspecified atom stereocenters. The zero-order chi connectivity index (χ0) is 20.9. The highest BCUT2D eigenvalue weighted by Crippen LogP contribution is 2.30. The summed E-state index contributed by atoms with van der Waals surface area (Å²) in [5.74, 6) is 0. The van der Waals surface area contributed by atoms with E-state index in [-0.39, 0.29) is 12.1 Å². The van der Waals surface area contributed by atoms with Gasteiger partial charge >= 0.3 is 6.03 Å². The van der Waals surface area contributed by atoms with Gasteiger partial charge in [-0.3, -0.25) is 4.90 Å². The molecule has 1 fully saturated rings. The number of halogens is 2. The van der Waals surface area contributed by atoms with Gasteiger partial charge in [-0.1, -0.05) is 88.2 Å². The standard InChI is InChI=1S/C24H23BrClN3O/c25-20-11-12-22(21(26)17-20)27-24(30)29-15-13-28(14-16-29)23(18-7-3-1-4-8-18)19-9-5-2-6-10-19/h1-12,17,23H,13-16H2,(H,27,30). The molecule has 1 aliphatic heterocycles. The molecule has 0 aromatic heterocycles. The number of urea groups is 1. The van der Waals surface area contributed by atoms with Crippen LogP contribution in [-0.4, -0.2) is 42.0 Å². The molecule has 0 saturated carbocycles. The van der Waals surface area contributed by atoms with E-state index in [4.69, 9.17) is 11.6 Å². The number of benzene rings is 3. The SMILES string of the molecule is O=C(Nc1ccc(Br)cc1Cl)N1CCN(C(c2ccccc2)c2ccccc2)CC1. The van der Waals surface area contributed by atoms with Gasteiger partial charge in [-0.05, 0) is 29.3 Å². The van der Waals surface area contributed by atoms with Crippen molar-refractivity contribution < 1.29 is 4.79 Å². The molecule has 154 valence electrons. The van der Waals surface area contributed by atoms with Gasteiger partial charge in [0.15, 0.2) is 0 Å². The molecular formula is C24H23BrClN3O. The van der Waals surface area contributed by atoms with Crippen LogP contribution in [-0.2, 0) is 0 Å². The first-order valence-corrected chi connectivity index (χ1v) is 11.1. The van der Waals surface area contributed by atoms with Crippen LogP contribution in [0.15, 0.2) is 83.3 Å². The Kier molecular flexibility index (Phi) is 6.72. The molecule has 0 radical (unpaired) electrons. The molecule has 0 atom stereocenters. The fraction of sp³-hybridized carbons (Fsp3) is 0.208. The second-order valence-electron chi connectivity index (χ2n) is 7.30. The van der Waals surface area contributed by atoms with E-state index in [0.29, 0.717) is 23.8 Å². The number of rotatable bonds is 4. The van der Waals surface area contributed by atoms with E-state index in [1.165, 1.54) is 11.1 Å². The van der Waals surface area contributed by atoms with Crippen molar-refractivity contribution in [3.05, 3.63) is 99.5 Å². The van der Waals surface area contributed by atoms with E-state index in [1.54, 1.807) is 12.1 Å². The fourth-order valence-corrected chi connectivity index (χ4v) is 4.57. The Morgan fingerprint density at radius 1 is 0.867 bits per heavy atom. The number of anilines is 1. The molecule has 1 saturated heterocycles. The van der Waals surface area contributed by atoms with Crippen molar-refractivity contribution >= 4 is 39.2 Å². The molecule has 0 bridgehead atoms. The van der Waals surface area contributed by atoms with Crippen molar-refractivity contribution in [3.63, 3.8) is 0 Å². The molecule has 1 aliphatic rings. The number of nitrogens with one attached hydrogen (secondary N) is 1. The number of hydrogen-bond acceptors (Lipinski definition) is 2. The lowest BCUT2D eigenvalue weighted by Gasteiger charge is -2.39. The molecule has 0 spiro atoms. The maximum atomic E-state index is 12.7. The normalized spacial score (nSPS) is 14.7. The average molecular weight is 485 g/mol. The molecule has 1 heterocycles. The number of piperazine rings is 1. The topological polar surface area (TPSA) is 35.6 Å². The predicted molar refractivity (Wildman–Crippen MR) is 126 cm³/mol. The van der Waals surface area contributed by atoms with Gasteiger partial charge in [0.1, 0.15) is 0 Å². The zero-order valence-electron chi connectivity index (χ0n) is 16.5. The first-order valence-electron chi connectivity index (χ1n) is 9.97. The van der Waals surface area contributed by atoms with E-state index in [0.717, 1.165) is 17.6 Å². The molecule has 3 aromatic rings. The summed E-state index contributed by atoms with van der Waals surface area (Å²) in [4.78, 5) is 17.0. The number of nitrogens with zero attached hydrogens (tertiary/aromatic N) is 2. The summed E-state index contributed by atoms with van der Waals surface area (Å²) in [6.45, 7) is 2.93. The summed E-state index contributed by atoms with van der Waals surface area (Å²) >= 11 is 9.63. The number of carbonyl (C=O) groups excluding carboxylic acids is 1. The van der Waals surface area contributed by atoms with Gasteiger partial charge in [0.25, 0.3) is 0 Å². The lowest BCUT2D eigenvalue weighted by atomic mass is 9.96. The molecule has 30 heavy (non-hydrogen) atoms. The third kappa shape index (κ3) is 4.86. The van der Waals surface area contributed by atoms with E-state index >= 15 is 0 Å². The van der Waals surface area contributed by atoms with E-state index < -0.39 is 0 Å². The Balaban J connectivity index is 1.45. The van der Waals surface area contributed by atoms with Crippen LogP contribution in [0.3, 0.4) is 0 Å². The van der Waals surface area contributed by atoms with Gasteiger partial charge in [-0.15, -0.1) is 0 Å². The zero-order valence-corrected chi connectivity index (χ0v) is 18.8. The van der Waals surface area contributed by atoms with Crippen molar-refractivity contribution in [1.29, 1.82) is 0 Å². The van der Waals surface area contributed by atoms with Crippen molar-refractivity contribution in [2.75, 3.05) is 31.5 Å². The Hall–Kier alpha value is -2.34. The van der Waals surface area contributed by atoms with Gasteiger partial charge in [0.2, 0.25) is 0 Å². The molecule has 6 heteroatoms. The third-order valence-electron chi connectivity index (χ3n) is 5.37. The second kappa shape index (κ2) is 9.65. The van der Waals surface area contributed by atoms with Crippen molar-refractivity contribution in [2.45, 2.75) is 6.04 Å². The smallest absolute Gasteiger partial charge is 0.321 e. The van der Waals surface area contributed by atoms with Crippen LogP contribution in [0.2, 0.25) is 5.02 Å². The summed E-state index contributed by atoms with van der Waals surface area (Å²) in [5.41, 5.74) is 3.16. The van der Waals surface area contributed by atoms with Crippen LogP contribution in [0, 0.1) is 0 Å². The quantitative estimate of drug-likeness (QED) is 0.490. The second-order valence-corrected chi connectivity index (χ2v) is 8.62. The first-order chi connectivity index (χ1) is 14.6. The van der Waals surface area contributed by atoms with Crippen molar-refractivity contribution in [2.24, 2.45) is 0 Å². The molecular weight excluding hydrogens is 462 g/mol. The van der Waals surface area contributed by atoms with Crippen molar-refractivity contribution in [1.82, 2.24) is 9.80 Å². The van der Waals surface area contributed by atoms with Crippen molar-refractivity contribution in [3.8, 4) is 0 Å². The fourth-order valence-electron chi connectivity index (χ4n) is 3.85. The largest absolute Gasteiger partial charge is 0.322 e. The summed E-state index contributed by atoms with van der Waals surface area (Å²) < 4.78 is 0.881. The highest BCUT2D eigenvalue weighted by molar-refractivity contribution is 9.10. The lowest BCUT2D eigenvalue weighted by Crippen LogP contribution is -2.51. The number of carbonyl (C=O) groups is 1. The maximum absolute atomic E-state index is 12.7. The Morgan fingerprint density at radius 2 is 1.43 bits per heavy atom. The Morgan fingerprint density at radius 3 is 1.97 bits per heavy atom. The Bertz CT molecular complexity index is 952. The predicted octanol–water partition coefficient (Wildman–Crippen LogP) is 6.04. The van der Waals surface area contributed by atoms with Crippen LogP contribution >= 0.6 is 27.5 Å². The van der Waals surface area contributed by atoms with Crippen LogP contribution in [0.5, 0.6) is 0 Å². The highest BCUT2D eigenvalue weighted by atomic mass is 79.9. The minimum absolute atomic E-state index is 0.116. The average Bonchev–Trinajstić information content (AvgIpc) is 2.78. The van der Waals surface area contributed by atoms with Crippen LogP contribution in [0.1, 0.15) is 17.2 Å². The minimum Gasteiger partial charge on any atom is -0.322 e. The van der Waals surface area contributed by atoms with Crippen LogP contribution in [0.4, 0.5) is 10.5 Å². The van der Waals surface area contributed by atoms with Crippen LogP contribution < -0.4 is 5.32 Å². The molecule has 3 aromatic carbocycles. The molecule has 2 amide bonds. The van der Waals surface area contributed by atoms with E-state index in [9.17, 15) is 4.79 Å². The van der Waals surface area contributed by atoms with E-state index in [1.807, 2.05) is 23.1 Å². The van der Waals surface area contributed by atoms with Gasteiger partial charge in [0, 0.05) is 30.7 Å². The summed E-state index contributed by atoms with van der Waals surface area (Å²) in [6, 6.07) is 26.6. The maximum Gasteiger partial charge on any atom is 0.321 e. The summed E-state index contributed by atoms with van der Waals surface area (Å²) in [6.07, 6.45) is 0. The lowest BCUT2D eigenvalue weighted by molar-refractivity contribution is 0.126. The Labute approximate surface area is 190 Å².